The van der Waals surface area contributed by atoms with E-state index >= 15 is 0 Å². The predicted octanol–water partition coefficient (Wildman–Crippen LogP) is 1.31. The van der Waals surface area contributed by atoms with Crippen molar-refractivity contribution in [1.29, 1.82) is 0 Å². The second-order valence-electron chi connectivity index (χ2n) is 6.58. The van der Waals surface area contributed by atoms with Crippen molar-refractivity contribution in [2.45, 2.75) is 31.9 Å². The molecule has 0 spiro atoms. The Kier molecular flexibility index (Phi) is 6.72. The third kappa shape index (κ3) is 5.20. The summed E-state index contributed by atoms with van der Waals surface area (Å²) in [5.74, 6) is 2.73. The molecule has 3 heterocycles. The number of aryl methyl sites for hydroxylation is 1. The van der Waals surface area contributed by atoms with Crippen molar-refractivity contribution < 1.29 is 13.9 Å². The van der Waals surface area contributed by atoms with Gasteiger partial charge in [0.1, 0.15) is 11.5 Å². The highest BCUT2D eigenvalue weighted by atomic mass is 16.5. The molecule has 2 saturated heterocycles. The molecule has 0 aliphatic carbocycles. The minimum atomic E-state index is 0.166. The molecule has 2 unspecified atom stereocenters. The molecule has 7 heteroatoms. The van der Waals surface area contributed by atoms with Gasteiger partial charge in [0, 0.05) is 39.8 Å². The third-order valence-electron chi connectivity index (χ3n) is 4.78. The number of nitrogens with zero attached hydrogens (tertiary/aromatic N) is 2. The van der Waals surface area contributed by atoms with Crippen LogP contribution in [0.2, 0.25) is 0 Å². The highest BCUT2D eigenvalue weighted by Gasteiger charge is 2.25. The van der Waals surface area contributed by atoms with Crippen molar-refractivity contribution in [3.8, 4) is 0 Å². The molecule has 0 radical (unpaired) electrons. The molecule has 25 heavy (non-hydrogen) atoms. The number of hydrogen-bond acceptors (Lipinski definition) is 5. The van der Waals surface area contributed by atoms with E-state index in [-0.39, 0.29) is 6.04 Å². The maximum absolute atomic E-state index is 5.90. The summed E-state index contributed by atoms with van der Waals surface area (Å²) in [6.45, 7) is 7.73. The smallest absolute Gasteiger partial charge is 0.191 e. The molecular weight excluding hydrogens is 320 g/mol. The minimum absolute atomic E-state index is 0.166. The number of furan rings is 1. The highest BCUT2D eigenvalue weighted by Crippen LogP contribution is 2.23. The lowest BCUT2D eigenvalue weighted by atomic mass is 10.1. The van der Waals surface area contributed by atoms with E-state index in [4.69, 9.17) is 13.9 Å². The first kappa shape index (κ1) is 18.2. The second-order valence-corrected chi connectivity index (χ2v) is 6.58. The molecule has 2 N–H and O–H groups in total. The molecule has 0 bridgehead atoms. The first-order valence-electron chi connectivity index (χ1n) is 9.20. The van der Waals surface area contributed by atoms with Gasteiger partial charge < -0.3 is 24.5 Å². The van der Waals surface area contributed by atoms with Gasteiger partial charge in [-0.3, -0.25) is 9.89 Å². The number of nitrogens with one attached hydrogen (secondary N) is 2. The lowest BCUT2D eigenvalue weighted by Crippen LogP contribution is -2.47. The van der Waals surface area contributed by atoms with Crippen molar-refractivity contribution in [2.24, 2.45) is 4.99 Å². The van der Waals surface area contributed by atoms with E-state index in [1.807, 2.05) is 13.0 Å². The average molecular weight is 350 g/mol. The Bertz CT molecular complexity index is 548. The summed E-state index contributed by atoms with van der Waals surface area (Å²) in [7, 11) is 1.80. The van der Waals surface area contributed by atoms with E-state index in [9.17, 15) is 0 Å². The summed E-state index contributed by atoms with van der Waals surface area (Å²) in [5.41, 5.74) is 0. The number of morpholine rings is 1. The molecule has 7 nitrogen and oxygen atoms in total. The number of rotatable bonds is 6. The normalized spacial score (nSPS) is 23.6. The van der Waals surface area contributed by atoms with Crippen LogP contribution in [0.3, 0.4) is 0 Å². The zero-order chi connectivity index (χ0) is 17.5. The van der Waals surface area contributed by atoms with E-state index in [2.05, 4.69) is 26.6 Å². The Labute approximate surface area is 149 Å². The van der Waals surface area contributed by atoms with Crippen LogP contribution in [0.5, 0.6) is 0 Å². The summed E-state index contributed by atoms with van der Waals surface area (Å²) in [4.78, 5) is 6.73. The topological polar surface area (TPSA) is 71.3 Å². The minimum Gasteiger partial charge on any atom is -0.465 e. The summed E-state index contributed by atoms with van der Waals surface area (Å²) >= 11 is 0. The quantitative estimate of drug-likeness (QED) is 0.595. The number of aliphatic imine (C=N–C) groups is 1. The van der Waals surface area contributed by atoms with Gasteiger partial charge in [0.25, 0.3) is 0 Å². The first-order valence-corrected chi connectivity index (χ1v) is 9.20. The molecule has 1 aromatic heterocycles. The summed E-state index contributed by atoms with van der Waals surface area (Å²) in [6, 6.07) is 4.26. The van der Waals surface area contributed by atoms with Crippen LogP contribution in [0.25, 0.3) is 0 Å². The maximum Gasteiger partial charge on any atom is 0.191 e. The van der Waals surface area contributed by atoms with E-state index in [0.717, 1.165) is 76.3 Å². The van der Waals surface area contributed by atoms with Gasteiger partial charge >= 0.3 is 0 Å². The van der Waals surface area contributed by atoms with Gasteiger partial charge in [-0.15, -0.1) is 0 Å². The standard InChI is InChI=1S/C18H30N4O3/c1-14-5-6-17(25-14)16(22-7-10-23-11-8-22)13-21-18(19-2)20-12-15-4-3-9-24-15/h5-6,15-16H,3-4,7-13H2,1-2H3,(H2,19,20,21). The Morgan fingerprint density at radius 3 is 2.76 bits per heavy atom. The molecule has 140 valence electrons. The molecule has 0 amide bonds. The van der Waals surface area contributed by atoms with Gasteiger partial charge in [0.15, 0.2) is 5.96 Å². The largest absolute Gasteiger partial charge is 0.465 e. The molecular formula is C18H30N4O3. The zero-order valence-electron chi connectivity index (χ0n) is 15.3. The molecule has 1 aromatic rings. The molecule has 2 atom stereocenters. The Morgan fingerprint density at radius 2 is 2.12 bits per heavy atom. The van der Waals surface area contributed by atoms with Crippen LogP contribution in [-0.2, 0) is 9.47 Å². The molecule has 2 aliphatic rings. The predicted molar refractivity (Wildman–Crippen MR) is 96.9 cm³/mol. The Balaban J connectivity index is 1.56. The van der Waals surface area contributed by atoms with E-state index in [1.54, 1.807) is 7.05 Å². The van der Waals surface area contributed by atoms with Gasteiger partial charge in [0.2, 0.25) is 0 Å². The van der Waals surface area contributed by atoms with Crippen LogP contribution >= 0.6 is 0 Å². The molecule has 3 rings (SSSR count). The van der Waals surface area contributed by atoms with Gasteiger partial charge in [-0.2, -0.15) is 0 Å². The van der Waals surface area contributed by atoms with E-state index in [0.29, 0.717) is 6.10 Å². The fraction of sp³-hybridized carbons (Fsp3) is 0.722. The molecule has 2 fully saturated rings. The summed E-state index contributed by atoms with van der Waals surface area (Å²) in [6.07, 6.45) is 2.56. The zero-order valence-corrected chi connectivity index (χ0v) is 15.3. The van der Waals surface area contributed by atoms with Crippen molar-refractivity contribution in [3.63, 3.8) is 0 Å². The van der Waals surface area contributed by atoms with Crippen molar-refractivity contribution in [1.82, 2.24) is 15.5 Å². The lowest BCUT2D eigenvalue weighted by Gasteiger charge is -2.33. The van der Waals surface area contributed by atoms with Crippen molar-refractivity contribution in [2.75, 3.05) is 53.0 Å². The fourth-order valence-electron chi connectivity index (χ4n) is 3.36. The van der Waals surface area contributed by atoms with Crippen LogP contribution in [0.15, 0.2) is 21.5 Å². The lowest BCUT2D eigenvalue weighted by molar-refractivity contribution is 0.0124. The maximum atomic E-state index is 5.90. The van der Waals surface area contributed by atoms with Gasteiger partial charge in [0.05, 0.1) is 25.4 Å². The van der Waals surface area contributed by atoms with Crippen LogP contribution in [0.1, 0.15) is 30.4 Å². The fourth-order valence-corrected chi connectivity index (χ4v) is 3.36. The number of hydrogen-bond donors (Lipinski definition) is 2. The average Bonchev–Trinajstić information content (AvgIpc) is 3.30. The number of ether oxygens (including phenoxy) is 2. The van der Waals surface area contributed by atoms with Crippen LogP contribution < -0.4 is 10.6 Å². The van der Waals surface area contributed by atoms with Crippen molar-refractivity contribution >= 4 is 5.96 Å². The van der Waals surface area contributed by atoms with E-state index < -0.39 is 0 Å². The molecule has 0 aromatic carbocycles. The third-order valence-corrected chi connectivity index (χ3v) is 4.78. The summed E-state index contributed by atoms with van der Waals surface area (Å²) < 4.78 is 17.1. The van der Waals surface area contributed by atoms with Gasteiger partial charge in [-0.25, -0.2) is 0 Å². The molecule has 2 aliphatic heterocycles. The van der Waals surface area contributed by atoms with Crippen LogP contribution in [0, 0.1) is 6.92 Å². The first-order chi connectivity index (χ1) is 12.3. The number of guanidine groups is 1. The Hall–Kier alpha value is -1.57. The van der Waals surface area contributed by atoms with Gasteiger partial charge in [-0.1, -0.05) is 0 Å². The second kappa shape index (κ2) is 9.22. The van der Waals surface area contributed by atoms with E-state index in [1.165, 1.54) is 0 Å². The molecule has 0 saturated carbocycles. The highest BCUT2D eigenvalue weighted by molar-refractivity contribution is 5.79. The monoisotopic (exact) mass is 350 g/mol. The SMILES string of the molecule is CN=C(NCC1CCCO1)NCC(c1ccc(C)o1)N1CCOCC1. The van der Waals surface area contributed by atoms with Crippen LogP contribution in [-0.4, -0.2) is 70.0 Å². The van der Waals surface area contributed by atoms with Gasteiger partial charge in [-0.05, 0) is 31.9 Å². The summed E-state index contributed by atoms with van der Waals surface area (Å²) in [5, 5.41) is 6.81. The Morgan fingerprint density at radius 1 is 1.28 bits per heavy atom. The van der Waals surface area contributed by atoms with Crippen LogP contribution in [0.4, 0.5) is 0 Å². The van der Waals surface area contributed by atoms with Crippen molar-refractivity contribution in [3.05, 3.63) is 23.7 Å².